The molecule has 3 rings (SSSR count). The molecule has 1 heterocycles. The van der Waals surface area contributed by atoms with Gasteiger partial charge in [0.2, 0.25) is 0 Å². The van der Waals surface area contributed by atoms with E-state index >= 15 is 0 Å². The van der Waals surface area contributed by atoms with E-state index in [1.807, 2.05) is 0 Å². The van der Waals surface area contributed by atoms with Gasteiger partial charge in [-0.1, -0.05) is 42.5 Å². The van der Waals surface area contributed by atoms with Crippen LogP contribution in [0.5, 0.6) is 0 Å². The first kappa shape index (κ1) is 11.3. The van der Waals surface area contributed by atoms with Gasteiger partial charge in [-0.3, -0.25) is 0 Å². The van der Waals surface area contributed by atoms with Gasteiger partial charge >= 0.3 is 0 Å². The van der Waals surface area contributed by atoms with E-state index in [1.165, 1.54) is 16.3 Å². The van der Waals surface area contributed by atoms with Gasteiger partial charge in [0.1, 0.15) is 5.76 Å². The van der Waals surface area contributed by atoms with Crippen LogP contribution in [0.25, 0.3) is 10.8 Å². The summed E-state index contributed by atoms with van der Waals surface area (Å²) >= 11 is 0. The molecule has 2 nitrogen and oxygen atoms in total. The Labute approximate surface area is 107 Å². The second kappa shape index (κ2) is 4.83. The fourth-order valence-electron chi connectivity index (χ4n) is 2.50. The van der Waals surface area contributed by atoms with Crippen molar-refractivity contribution in [3.63, 3.8) is 0 Å². The van der Waals surface area contributed by atoms with Gasteiger partial charge in [0.15, 0.2) is 0 Å². The topological polar surface area (TPSA) is 35.2 Å². The molecule has 2 aromatic carbocycles. The second-order valence-electron chi connectivity index (χ2n) is 4.69. The molecule has 1 atom stereocenters. The van der Waals surface area contributed by atoms with E-state index < -0.39 is 0 Å². The summed E-state index contributed by atoms with van der Waals surface area (Å²) in [5.41, 5.74) is 7.50. The van der Waals surface area contributed by atoms with Gasteiger partial charge in [-0.05, 0) is 28.8 Å². The summed E-state index contributed by atoms with van der Waals surface area (Å²) in [6.45, 7) is 0.776. The first-order valence-corrected chi connectivity index (χ1v) is 6.39. The molecule has 1 aliphatic heterocycles. The molecule has 1 unspecified atom stereocenters. The Hall–Kier alpha value is -1.80. The average molecular weight is 239 g/mol. The van der Waals surface area contributed by atoms with Crippen LogP contribution in [0.2, 0.25) is 0 Å². The third-order valence-corrected chi connectivity index (χ3v) is 3.42. The van der Waals surface area contributed by atoms with Crippen molar-refractivity contribution in [1.29, 1.82) is 0 Å². The highest BCUT2D eigenvalue weighted by Gasteiger charge is 2.15. The van der Waals surface area contributed by atoms with Crippen LogP contribution in [-0.2, 0) is 11.2 Å². The molecular weight excluding hydrogens is 222 g/mol. The highest BCUT2D eigenvalue weighted by atomic mass is 16.5. The lowest BCUT2D eigenvalue weighted by Crippen LogP contribution is -2.25. The zero-order valence-electron chi connectivity index (χ0n) is 10.3. The first-order chi connectivity index (χ1) is 8.84. The molecule has 0 aliphatic carbocycles. The number of hydrogen-bond donors (Lipinski definition) is 1. The highest BCUT2D eigenvalue weighted by molar-refractivity contribution is 5.85. The predicted molar refractivity (Wildman–Crippen MR) is 74.3 cm³/mol. The molecule has 0 aromatic heterocycles. The minimum absolute atomic E-state index is 0.0293. The fraction of sp³-hybridized carbons (Fsp3) is 0.250. The lowest BCUT2D eigenvalue weighted by Gasteiger charge is -2.14. The van der Waals surface area contributed by atoms with E-state index in [9.17, 15) is 0 Å². The quantitative estimate of drug-likeness (QED) is 0.893. The van der Waals surface area contributed by atoms with E-state index in [2.05, 4.69) is 48.5 Å². The Morgan fingerprint density at radius 3 is 2.78 bits per heavy atom. The summed E-state index contributed by atoms with van der Waals surface area (Å²) < 4.78 is 5.54. The summed E-state index contributed by atoms with van der Waals surface area (Å²) in [5, 5.41) is 2.55. The van der Waals surface area contributed by atoms with Crippen LogP contribution < -0.4 is 5.73 Å². The standard InChI is InChI=1S/C16H17NO/c17-15(16-9-4-10-18-16)11-13-7-3-6-12-5-1-2-8-14(12)13/h1-3,5-9,15H,4,10-11,17H2. The molecular formula is C16H17NO. The Kier molecular flexibility index (Phi) is 3.03. The van der Waals surface area contributed by atoms with Gasteiger partial charge in [-0.25, -0.2) is 0 Å². The molecule has 0 saturated carbocycles. The van der Waals surface area contributed by atoms with Gasteiger partial charge < -0.3 is 10.5 Å². The Balaban J connectivity index is 1.90. The molecule has 0 amide bonds. The van der Waals surface area contributed by atoms with Crippen molar-refractivity contribution in [2.75, 3.05) is 6.61 Å². The van der Waals surface area contributed by atoms with Crippen molar-refractivity contribution in [2.45, 2.75) is 18.9 Å². The molecule has 1 aliphatic rings. The van der Waals surface area contributed by atoms with Gasteiger partial charge in [0.05, 0.1) is 12.6 Å². The van der Waals surface area contributed by atoms with Crippen molar-refractivity contribution in [3.8, 4) is 0 Å². The maximum Gasteiger partial charge on any atom is 0.109 e. The number of rotatable bonds is 3. The summed E-state index contributed by atoms with van der Waals surface area (Å²) in [7, 11) is 0. The van der Waals surface area contributed by atoms with E-state index in [4.69, 9.17) is 10.5 Å². The van der Waals surface area contributed by atoms with E-state index in [1.54, 1.807) is 0 Å². The molecule has 2 N–H and O–H groups in total. The number of nitrogens with two attached hydrogens (primary N) is 1. The van der Waals surface area contributed by atoms with Crippen LogP contribution in [0.3, 0.4) is 0 Å². The molecule has 0 spiro atoms. The van der Waals surface area contributed by atoms with Gasteiger partial charge in [-0.2, -0.15) is 0 Å². The molecule has 0 saturated heterocycles. The van der Waals surface area contributed by atoms with Crippen LogP contribution in [0.15, 0.2) is 54.3 Å². The first-order valence-electron chi connectivity index (χ1n) is 6.39. The molecule has 0 bridgehead atoms. The van der Waals surface area contributed by atoms with Crippen molar-refractivity contribution in [1.82, 2.24) is 0 Å². The SMILES string of the molecule is NC(Cc1cccc2ccccc12)C1=CCCO1. The molecule has 0 fully saturated rings. The molecule has 92 valence electrons. The van der Waals surface area contributed by atoms with Crippen LogP contribution in [0.1, 0.15) is 12.0 Å². The largest absolute Gasteiger partial charge is 0.496 e. The highest BCUT2D eigenvalue weighted by Crippen LogP contribution is 2.22. The second-order valence-corrected chi connectivity index (χ2v) is 4.69. The van der Waals surface area contributed by atoms with E-state index in [-0.39, 0.29) is 6.04 Å². The van der Waals surface area contributed by atoms with Crippen molar-refractivity contribution >= 4 is 10.8 Å². The maximum atomic E-state index is 6.21. The minimum atomic E-state index is -0.0293. The average Bonchev–Trinajstić information content (AvgIpc) is 2.93. The third-order valence-electron chi connectivity index (χ3n) is 3.42. The zero-order valence-corrected chi connectivity index (χ0v) is 10.3. The lowest BCUT2D eigenvalue weighted by molar-refractivity contribution is 0.224. The van der Waals surface area contributed by atoms with Crippen LogP contribution >= 0.6 is 0 Å². The van der Waals surface area contributed by atoms with Crippen molar-refractivity contribution < 1.29 is 4.74 Å². The third kappa shape index (κ3) is 2.12. The Bertz CT molecular complexity index is 583. The van der Waals surface area contributed by atoms with Crippen LogP contribution in [0, 0.1) is 0 Å². The van der Waals surface area contributed by atoms with Crippen molar-refractivity contribution in [2.24, 2.45) is 5.73 Å². The van der Waals surface area contributed by atoms with Crippen molar-refractivity contribution in [3.05, 3.63) is 59.9 Å². The van der Waals surface area contributed by atoms with Crippen LogP contribution in [-0.4, -0.2) is 12.6 Å². The minimum Gasteiger partial charge on any atom is -0.496 e. The fourth-order valence-corrected chi connectivity index (χ4v) is 2.50. The zero-order chi connectivity index (χ0) is 12.4. The normalized spacial score (nSPS) is 16.4. The molecule has 2 heteroatoms. The number of hydrogen-bond acceptors (Lipinski definition) is 2. The molecule has 2 aromatic rings. The predicted octanol–water partition coefficient (Wildman–Crippen LogP) is 3.01. The lowest BCUT2D eigenvalue weighted by atomic mass is 9.98. The summed E-state index contributed by atoms with van der Waals surface area (Å²) in [6, 6.07) is 14.8. The van der Waals surface area contributed by atoms with Gasteiger partial charge in [0, 0.05) is 6.42 Å². The Morgan fingerprint density at radius 1 is 1.11 bits per heavy atom. The van der Waals surface area contributed by atoms with Crippen LogP contribution in [0.4, 0.5) is 0 Å². The molecule has 0 radical (unpaired) electrons. The smallest absolute Gasteiger partial charge is 0.109 e. The summed E-state index contributed by atoms with van der Waals surface area (Å²) in [4.78, 5) is 0. The van der Waals surface area contributed by atoms with Gasteiger partial charge in [-0.15, -0.1) is 0 Å². The number of ether oxygens (including phenoxy) is 1. The number of fused-ring (bicyclic) bond motifs is 1. The van der Waals surface area contributed by atoms with E-state index in [0.717, 1.165) is 25.2 Å². The van der Waals surface area contributed by atoms with Gasteiger partial charge in [0.25, 0.3) is 0 Å². The summed E-state index contributed by atoms with van der Waals surface area (Å²) in [6.07, 6.45) is 3.92. The Morgan fingerprint density at radius 2 is 1.94 bits per heavy atom. The molecule has 18 heavy (non-hydrogen) atoms. The monoisotopic (exact) mass is 239 g/mol. The maximum absolute atomic E-state index is 6.21. The number of benzene rings is 2. The van der Waals surface area contributed by atoms with E-state index in [0.29, 0.717) is 0 Å². The summed E-state index contributed by atoms with van der Waals surface area (Å²) in [5.74, 6) is 0.947.